The Balaban J connectivity index is 4.25. The number of hydrogen-bond acceptors (Lipinski definition) is 2. The highest BCUT2D eigenvalue weighted by Gasteiger charge is 2.27. The maximum atomic E-state index is 13.5. The minimum atomic E-state index is -3.84. The quantitative estimate of drug-likeness (QED) is 0.568. The molecule has 92 valence electrons. The lowest BCUT2D eigenvalue weighted by Crippen LogP contribution is -2.19. The van der Waals surface area contributed by atoms with Gasteiger partial charge in [0.2, 0.25) is 0 Å². The van der Waals surface area contributed by atoms with Gasteiger partial charge >= 0.3 is 7.68 Å². The van der Waals surface area contributed by atoms with E-state index in [0.717, 1.165) is 19.3 Å². The van der Waals surface area contributed by atoms with Gasteiger partial charge < -0.3 is 4.52 Å². The van der Waals surface area contributed by atoms with Crippen LogP contribution >= 0.6 is 7.68 Å². The molecule has 0 fully saturated rings. The second kappa shape index (κ2) is 7.40. The predicted molar refractivity (Wildman–Crippen MR) is 63.1 cm³/mol. The number of hydrogen-bond donors (Lipinski definition) is 0. The molecule has 4 heteroatoms. The van der Waals surface area contributed by atoms with Crippen LogP contribution in [0.25, 0.3) is 0 Å². The molecule has 15 heavy (non-hydrogen) atoms. The van der Waals surface area contributed by atoms with Crippen molar-refractivity contribution >= 4 is 7.68 Å². The van der Waals surface area contributed by atoms with Crippen molar-refractivity contribution in [1.29, 1.82) is 0 Å². The summed E-state index contributed by atoms with van der Waals surface area (Å²) in [6.07, 6.45) is 3.16. The van der Waals surface area contributed by atoms with E-state index in [0.29, 0.717) is 6.42 Å². The fourth-order valence-corrected chi connectivity index (χ4v) is 3.14. The van der Waals surface area contributed by atoms with Crippen molar-refractivity contribution in [2.24, 2.45) is 5.92 Å². The van der Waals surface area contributed by atoms with Crippen LogP contribution in [0.4, 0.5) is 4.20 Å². The first-order valence-corrected chi connectivity index (χ1v) is 7.64. The lowest BCUT2D eigenvalue weighted by Gasteiger charge is -2.24. The summed E-state index contributed by atoms with van der Waals surface area (Å²) < 4.78 is 30.0. The molecule has 0 rings (SSSR count). The Bertz CT molecular complexity index is 209. The second-order valence-electron chi connectivity index (χ2n) is 4.13. The normalized spacial score (nSPS) is 19.5. The van der Waals surface area contributed by atoms with Crippen LogP contribution < -0.4 is 0 Å². The average Bonchev–Trinajstić information content (AvgIpc) is 2.14. The van der Waals surface area contributed by atoms with Gasteiger partial charge in [-0.2, -0.15) is 4.20 Å². The summed E-state index contributed by atoms with van der Waals surface area (Å²) in [7, 11) is -3.84. The molecule has 0 aliphatic heterocycles. The van der Waals surface area contributed by atoms with E-state index in [1.54, 1.807) is 0 Å². The summed E-state index contributed by atoms with van der Waals surface area (Å²) in [4.78, 5) is 0. The fraction of sp³-hybridized carbons (Fsp3) is 1.00. The Morgan fingerprint density at radius 2 is 1.87 bits per heavy atom. The molecule has 0 aromatic heterocycles. The first kappa shape index (κ1) is 15.1. The van der Waals surface area contributed by atoms with E-state index < -0.39 is 7.68 Å². The molecule has 0 aromatic rings. The van der Waals surface area contributed by atoms with Gasteiger partial charge in [0.15, 0.2) is 0 Å². The van der Waals surface area contributed by atoms with Gasteiger partial charge in [-0.25, -0.2) is 0 Å². The number of rotatable bonds is 8. The maximum absolute atomic E-state index is 13.5. The van der Waals surface area contributed by atoms with Gasteiger partial charge in [-0.05, 0) is 25.2 Å². The third-order valence-electron chi connectivity index (χ3n) is 2.56. The highest BCUT2D eigenvalue weighted by Crippen LogP contribution is 2.51. The summed E-state index contributed by atoms with van der Waals surface area (Å²) in [6.45, 7) is 7.88. The molecule has 0 bridgehead atoms. The Morgan fingerprint density at radius 1 is 1.27 bits per heavy atom. The Morgan fingerprint density at radius 3 is 2.27 bits per heavy atom. The van der Waals surface area contributed by atoms with Crippen LogP contribution in [0.3, 0.4) is 0 Å². The van der Waals surface area contributed by atoms with E-state index in [2.05, 4.69) is 6.92 Å². The van der Waals surface area contributed by atoms with Crippen molar-refractivity contribution in [2.45, 2.75) is 59.5 Å². The van der Waals surface area contributed by atoms with E-state index in [1.165, 1.54) is 0 Å². The van der Waals surface area contributed by atoms with E-state index in [-0.39, 0.29) is 18.2 Å². The lowest BCUT2D eigenvalue weighted by molar-refractivity contribution is 0.124. The molecule has 0 radical (unpaired) electrons. The van der Waals surface area contributed by atoms with Crippen LogP contribution in [-0.2, 0) is 9.09 Å². The van der Waals surface area contributed by atoms with Gasteiger partial charge in [0.1, 0.15) is 0 Å². The molecule has 0 spiro atoms. The van der Waals surface area contributed by atoms with Gasteiger partial charge in [-0.3, -0.25) is 4.57 Å². The van der Waals surface area contributed by atoms with Crippen molar-refractivity contribution in [2.75, 3.05) is 6.16 Å². The minimum absolute atomic E-state index is 0.0440. The summed E-state index contributed by atoms with van der Waals surface area (Å²) in [5.41, 5.74) is 0. The summed E-state index contributed by atoms with van der Waals surface area (Å²) in [6, 6.07) is 0. The van der Waals surface area contributed by atoms with E-state index in [4.69, 9.17) is 4.52 Å². The average molecular weight is 238 g/mol. The van der Waals surface area contributed by atoms with Gasteiger partial charge in [-0.15, -0.1) is 0 Å². The van der Waals surface area contributed by atoms with Crippen LogP contribution in [0.5, 0.6) is 0 Å². The molecule has 0 saturated carbocycles. The molecular formula is C11H24FO2P. The van der Waals surface area contributed by atoms with Crippen LogP contribution in [0.1, 0.15) is 53.4 Å². The van der Waals surface area contributed by atoms with Gasteiger partial charge in [0.25, 0.3) is 0 Å². The SMILES string of the molecule is CCCC(C)C(CC)OP(=O)(F)CCC. The molecule has 3 unspecified atom stereocenters. The van der Waals surface area contributed by atoms with Crippen LogP contribution in [0.15, 0.2) is 0 Å². The first-order chi connectivity index (χ1) is 6.96. The predicted octanol–water partition coefficient (Wildman–Crippen LogP) is 4.79. The Hall–Kier alpha value is 0.120. The Kier molecular flexibility index (Phi) is 7.46. The molecular weight excluding hydrogens is 214 g/mol. The fourth-order valence-electron chi connectivity index (χ4n) is 1.74. The second-order valence-corrected chi connectivity index (χ2v) is 5.97. The van der Waals surface area contributed by atoms with Crippen molar-refractivity contribution in [3.05, 3.63) is 0 Å². The molecule has 3 atom stereocenters. The first-order valence-electron chi connectivity index (χ1n) is 5.93. The van der Waals surface area contributed by atoms with Gasteiger partial charge in [-0.1, -0.05) is 34.1 Å². The van der Waals surface area contributed by atoms with Gasteiger partial charge in [0.05, 0.1) is 12.3 Å². The molecule has 2 nitrogen and oxygen atoms in total. The molecule has 0 aromatic carbocycles. The Labute approximate surface area is 93.2 Å². The maximum Gasteiger partial charge on any atom is 0.367 e. The van der Waals surface area contributed by atoms with Crippen LogP contribution in [-0.4, -0.2) is 12.3 Å². The molecule has 0 heterocycles. The summed E-state index contributed by atoms with van der Waals surface area (Å²) >= 11 is 0. The molecule has 0 N–H and O–H groups in total. The largest absolute Gasteiger partial charge is 0.367 e. The van der Waals surface area contributed by atoms with Crippen LogP contribution in [0.2, 0.25) is 0 Å². The van der Waals surface area contributed by atoms with Crippen molar-refractivity contribution < 1.29 is 13.3 Å². The minimum Gasteiger partial charge on any atom is -0.302 e. The van der Waals surface area contributed by atoms with E-state index in [1.807, 2.05) is 20.8 Å². The smallest absolute Gasteiger partial charge is 0.302 e. The highest BCUT2D eigenvalue weighted by atomic mass is 31.2. The van der Waals surface area contributed by atoms with Crippen molar-refractivity contribution in [3.63, 3.8) is 0 Å². The number of halogens is 1. The zero-order valence-electron chi connectivity index (χ0n) is 10.3. The topological polar surface area (TPSA) is 26.3 Å². The zero-order chi connectivity index (χ0) is 11.9. The summed E-state index contributed by atoms with van der Waals surface area (Å²) in [5, 5.41) is 0. The molecule has 0 aliphatic rings. The zero-order valence-corrected chi connectivity index (χ0v) is 11.2. The van der Waals surface area contributed by atoms with Crippen molar-refractivity contribution in [1.82, 2.24) is 0 Å². The van der Waals surface area contributed by atoms with Crippen LogP contribution in [0, 0.1) is 5.92 Å². The molecule has 0 amide bonds. The third kappa shape index (κ3) is 6.32. The molecule has 0 aliphatic carbocycles. The molecule has 0 saturated heterocycles. The standard InChI is InChI=1S/C11H24FO2P/c1-5-8-10(4)11(7-3)14-15(12,13)9-6-2/h10-11H,5-9H2,1-4H3. The lowest BCUT2D eigenvalue weighted by atomic mass is 9.98. The van der Waals surface area contributed by atoms with Gasteiger partial charge in [0, 0.05) is 0 Å². The summed E-state index contributed by atoms with van der Waals surface area (Å²) in [5.74, 6) is 0.279. The third-order valence-corrected chi connectivity index (χ3v) is 4.13. The monoisotopic (exact) mass is 238 g/mol. The highest BCUT2D eigenvalue weighted by molar-refractivity contribution is 7.53. The van der Waals surface area contributed by atoms with E-state index >= 15 is 0 Å². The van der Waals surface area contributed by atoms with E-state index in [9.17, 15) is 8.76 Å². The van der Waals surface area contributed by atoms with Crippen molar-refractivity contribution in [3.8, 4) is 0 Å².